The van der Waals surface area contributed by atoms with Crippen molar-refractivity contribution < 1.29 is 0 Å². The molecule has 1 N–H and O–H groups in total. The van der Waals surface area contributed by atoms with Gasteiger partial charge in [-0.1, -0.05) is 4.49 Å². The van der Waals surface area contributed by atoms with Crippen molar-refractivity contribution >= 4 is 28.6 Å². The first kappa shape index (κ1) is 7.70. The second-order valence-corrected chi connectivity index (χ2v) is 3.65. The topological polar surface area (TPSA) is 37.8 Å². The fraction of sp³-hybridized carbons (Fsp3) is 0.143. The maximum absolute atomic E-state index is 3.93. The van der Waals surface area contributed by atoms with E-state index in [-0.39, 0.29) is 0 Å². The molecule has 5 heteroatoms. The van der Waals surface area contributed by atoms with Crippen LogP contribution < -0.4 is 5.32 Å². The largest absolute Gasteiger partial charge is 0.379 e. The average molecular weight is 197 g/mol. The van der Waals surface area contributed by atoms with Gasteiger partial charge in [0.05, 0.1) is 12.2 Å². The molecule has 0 saturated heterocycles. The van der Waals surface area contributed by atoms with E-state index in [0.29, 0.717) is 0 Å². The number of nitrogens with one attached hydrogen (secondary N) is 1. The molecule has 0 bridgehead atoms. The lowest BCUT2D eigenvalue weighted by molar-refractivity contribution is 1.000. The van der Waals surface area contributed by atoms with Crippen molar-refractivity contribution in [2.75, 3.05) is 5.32 Å². The number of rotatable bonds is 3. The van der Waals surface area contributed by atoms with Gasteiger partial charge in [-0.05, 0) is 23.0 Å². The van der Waals surface area contributed by atoms with Crippen LogP contribution in [0, 0.1) is 0 Å². The molecule has 3 nitrogen and oxygen atoms in total. The van der Waals surface area contributed by atoms with Crippen LogP contribution in [0.2, 0.25) is 0 Å². The molecule has 0 radical (unpaired) electrons. The summed E-state index contributed by atoms with van der Waals surface area (Å²) in [6.45, 7) is 0.757. The van der Waals surface area contributed by atoms with Crippen LogP contribution >= 0.6 is 22.9 Å². The molecule has 2 aromatic heterocycles. The van der Waals surface area contributed by atoms with E-state index < -0.39 is 0 Å². The van der Waals surface area contributed by atoms with Gasteiger partial charge in [0.15, 0.2) is 0 Å². The molecule has 0 fully saturated rings. The Morgan fingerprint density at radius 3 is 3.08 bits per heavy atom. The molecular weight excluding hydrogens is 190 g/mol. The van der Waals surface area contributed by atoms with Gasteiger partial charge in [0.1, 0.15) is 0 Å². The monoisotopic (exact) mass is 197 g/mol. The zero-order valence-electron chi connectivity index (χ0n) is 6.23. The van der Waals surface area contributed by atoms with E-state index in [1.54, 1.807) is 11.3 Å². The molecule has 0 unspecified atom stereocenters. The molecule has 2 aromatic rings. The van der Waals surface area contributed by atoms with E-state index in [2.05, 4.69) is 20.3 Å². The molecule has 0 amide bonds. The summed E-state index contributed by atoms with van der Waals surface area (Å²) < 4.78 is 3.78. The predicted molar refractivity (Wildman–Crippen MR) is 51.6 cm³/mol. The standard InChI is InChI=1S/C7H7N3S2/c1-2-11-4-6(1)8-3-7-5-12-10-9-7/h1-2,4-5,8H,3H2. The molecule has 12 heavy (non-hydrogen) atoms. The summed E-state index contributed by atoms with van der Waals surface area (Å²) in [4.78, 5) is 0. The first-order chi connectivity index (χ1) is 5.95. The van der Waals surface area contributed by atoms with Crippen LogP contribution in [0.5, 0.6) is 0 Å². The second kappa shape index (κ2) is 3.64. The van der Waals surface area contributed by atoms with E-state index >= 15 is 0 Å². The van der Waals surface area contributed by atoms with E-state index in [1.807, 2.05) is 16.8 Å². The fourth-order valence-electron chi connectivity index (χ4n) is 0.819. The number of aromatic nitrogens is 2. The van der Waals surface area contributed by atoms with Crippen LogP contribution in [0.3, 0.4) is 0 Å². The molecule has 2 rings (SSSR count). The minimum absolute atomic E-state index is 0.757. The Hall–Kier alpha value is -0.940. The van der Waals surface area contributed by atoms with Gasteiger partial charge in [0.2, 0.25) is 0 Å². The molecule has 0 atom stereocenters. The van der Waals surface area contributed by atoms with Gasteiger partial charge in [-0.25, -0.2) is 0 Å². The van der Waals surface area contributed by atoms with Gasteiger partial charge in [-0.15, -0.1) is 5.10 Å². The van der Waals surface area contributed by atoms with Gasteiger partial charge in [-0.2, -0.15) is 11.3 Å². The molecular formula is C7H7N3S2. The molecule has 0 aromatic carbocycles. The summed E-state index contributed by atoms with van der Waals surface area (Å²) in [6, 6.07) is 2.05. The van der Waals surface area contributed by atoms with Crippen molar-refractivity contribution in [2.45, 2.75) is 6.54 Å². The number of thiophene rings is 1. The summed E-state index contributed by atoms with van der Waals surface area (Å²) in [6.07, 6.45) is 0. The third kappa shape index (κ3) is 1.80. The van der Waals surface area contributed by atoms with E-state index in [9.17, 15) is 0 Å². The van der Waals surface area contributed by atoms with Crippen molar-refractivity contribution in [1.29, 1.82) is 0 Å². The molecule has 0 aliphatic rings. The third-order valence-corrected chi connectivity index (χ3v) is 2.64. The lowest BCUT2D eigenvalue weighted by Crippen LogP contribution is -1.97. The van der Waals surface area contributed by atoms with Crippen LogP contribution in [-0.4, -0.2) is 9.59 Å². The summed E-state index contributed by atoms with van der Waals surface area (Å²) >= 11 is 3.06. The van der Waals surface area contributed by atoms with Gasteiger partial charge in [-0.3, -0.25) is 0 Å². The van der Waals surface area contributed by atoms with E-state index in [0.717, 1.165) is 17.9 Å². The summed E-state index contributed by atoms with van der Waals surface area (Å²) in [5.74, 6) is 0. The predicted octanol–water partition coefficient (Wildman–Crippen LogP) is 2.21. The van der Waals surface area contributed by atoms with Crippen LogP contribution in [-0.2, 0) is 6.54 Å². The highest BCUT2D eigenvalue weighted by atomic mass is 32.1. The van der Waals surface area contributed by atoms with Crippen molar-refractivity contribution in [3.05, 3.63) is 27.9 Å². The highest BCUT2D eigenvalue weighted by molar-refractivity contribution is 7.08. The Morgan fingerprint density at radius 2 is 2.42 bits per heavy atom. The molecule has 62 valence electrons. The zero-order chi connectivity index (χ0) is 8.23. The molecule has 2 heterocycles. The Balaban J connectivity index is 1.91. The quantitative estimate of drug-likeness (QED) is 0.819. The van der Waals surface area contributed by atoms with Crippen LogP contribution in [0.4, 0.5) is 5.69 Å². The molecule has 0 aliphatic carbocycles. The summed E-state index contributed by atoms with van der Waals surface area (Å²) in [5, 5.41) is 13.2. The zero-order valence-corrected chi connectivity index (χ0v) is 7.86. The minimum atomic E-state index is 0.757. The fourth-order valence-corrected chi connectivity index (χ4v) is 1.88. The van der Waals surface area contributed by atoms with E-state index in [1.165, 1.54) is 11.5 Å². The van der Waals surface area contributed by atoms with Crippen molar-refractivity contribution in [3.8, 4) is 0 Å². The van der Waals surface area contributed by atoms with E-state index in [4.69, 9.17) is 0 Å². The molecule has 0 spiro atoms. The lowest BCUT2D eigenvalue weighted by Gasteiger charge is -1.98. The van der Waals surface area contributed by atoms with Crippen molar-refractivity contribution in [3.63, 3.8) is 0 Å². The average Bonchev–Trinajstić information content (AvgIpc) is 2.74. The SMILES string of the molecule is c1cc(NCc2csnn2)cs1. The van der Waals surface area contributed by atoms with Crippen LogP contribution in [0.15, 0.2) is 22.2 Å². The number of hydrogen-bond acceptors (Lipinski definition) is 5. The number of nitrogens with zero attached hydrogens (tertiary/aromatic N) is 2. The lowest BCUT2D eigenvalue weighted by atomic mass is 10.4. The Labute approximate surface area is 78.2 Å². The normalized spacial score (nSPS) is 10.0. The maximum atomic E-state index is 3.93. The second-order valence-electron chi connectivity index (χ2n) is 2.26. The summed E-state index contributed by atoms with van der Waals surface area (Å²) in [7, 11) is 0. The number of anilines is 1. The third-order valence-electron chi connectivity index (χ3n) is 1.40. The van der Waals surface area contributed by atoms with Gasteiger partial charge in [0, 0.05) is 16.4 Å². The Morgan fingerprint density at radius 1 is 1.42 bits per heavy atom. The Bertz CT molecular complexity index is 280. The molecule has 0 aliphatic heterocycles. The van der Waals surface area contributed by atoms with Crippen molar-refractivity contribution in [2.24, 2.45) is 0 Å². The highest BCUT2D eigenvalue weighted by Gasteiger charge is 1.95. The molecule has 0 saturated carbocycles. The van der Waals surface area contributed by atoms with Gasteiger partial charge in [0.25, 0.3) is 0 Å². The Kier molecular flexibility index (Phi) is 2.33. The number of hydrogen-bond donors (Lipinski definition) is 1. The first-order valence-corrected chi connectivity index (χ1v) is 5.25. The first-order valence-electron chi connectivity index (χ1n) is 3.47. The summed E-state index contributed by atoms with van der Waals surface area (Å²) in [5.41, 5.74) is 2.14. The van der Waals surface area contributed by atoms with Crippen molar-refractivity contribution in [1.82, 2.24) is 9.59 Å². The van der Waals surface area contributed by atoms with Gasteiger partial charge >= 0.3 is 0 Å². The van der Waals surface area contributed by atoms with Crippen LogP contribution in [0.25, 0.3) is 0 Å². The minimum Gasteiger partial charge on any atom is -0.379 e. The van der Waals surface area contributed by atoms with Crippen LogP contribution in [0.1, 0.15) is 5.69 Å². The maximum Gasteiger partial charge on any atom is 0.0946 e. The van der Waals surface area contributed by atoms with Gasteiger partial charge < -0.3 is 5.32 Å². The highest BCUT2D eigenvalue weighted by Crippen LogP contribution is 2.12. The smallest absolute Gasteiger partial charge is 0.0946 e.